The van der Waals surface area contributed by atoms with E-state index < -0.39 is 40.7 Å². The molecule has 4 nitrogen and oxygen atoms in total. The van der Waals surface area contributed by atoms with Gasteiger partial charge in [0.25, 0.3) is 5.91 Å². The molecule has 0 saturated carbocycles. The normalized spacial score (nSPS) is 16.3. The van der Waals surface area contributed by atoms with Crippen LogP contribution in [0.25, 0.3) is 0 Å². The smallest absolute Gasteiger partial charge is 0.369 e. The average molecular weight is 418 g/mol. The third-order valence-electron chi connectivity index (χ3n) is 3.57. The second kappa shape index (κ2) is 10.6. The molecular formula is C17H25ClF5N3O. The molecule has 0 aromatic carbocycles. The van der Waals surface area contributed by atoms with E-state index in [-0.39, 0.29) is 31.6 Å². The number of pyridine rings is 1. The highest BCUT2D eigenvalue weighted by Gasteiger charge is 2.39. The van der Waals surface area contributed by atoms with Crippen molar-refractivity contribution in [2.24, 2.45) is 5.73 Å². The van der Waals surface area contributed by atoms with Crippen LogP contribution in [0.4, 0.5) is 27.6 Å². The monoisotopic (exact) mass is 417 g/mol. The number of rotatable bonds is 2. The van der Waals surface area contributed by atoms with E-state index in [2.05, 4.69) is 4.98 Å². The van der Waals surface area contributed by atoms with Crippen LogP contribution < -0.4 is 10.6 Å². The third kappa shape index (κ3) is 6.79. The number of amides is 1. The quantitative estimate of drug-likeness (QED) is 0.643. The predicted molar refractivity (Wildman–Crippen MR) is 96.5 cm³/mol. The van der Waals surface area contributed by atoms with Gasteiger partial charge in [-0.05, 0) is 6.42 Å². The Hall–Kier alpha value is -1.64. The van der Waals surface area contributed by atoms with E-state index in [9.17, 15) is 26.7 Å². The van der Waals surface area contributed by atoms with E-state index in [4.69, 9.17) is 17.3 Å². The SMILES string of the molecule is CC.CC.NC(=O)c1c(N2CCCC(F)(F)CC2)cnc(C(F)(F)F)c1Cl. The van der Waals surface area contributed by atoms with Gasteiger partial charge in [0.05, 0.1) is 22.5 Å². The van der Waals surface area contributed by atoms with Crippen LogP contribution in [0, 0.1) is 0 Å². The molecule has 2 rings (SSSR count). The summed E-state index contributed by atoms with van der Waals surface area (Å²) in [6, 6.07) is 0. The summed E-state index contributed by atoms with van der Waals surface area (Å²) in [4.78, 5) is 16.1. The van der Waals surface area contributed by atoms with Gasteiger partial charge in [-0.25, -0.2) is 13.8 Å². The van der Waals surface area contributed by atoms with Gasteiger partial charge in [-0.3, -0.25) is 4.79 Å². The Morgan fingerprint density at radius 3 is 2.22 bits per heavy atom. The first kappa shape index (κ1) is 25.4. The minimum Gasteiger partial charge on any atom is -0.369 e. The molecule has 0 atom stereocenters. The Morgan fingerprint density at radius 1 is 1.19 bits per heavy atom. The van der Waals surface area contributed by atoms with E-state index in [1.165, 1.54) is 4.90 Å². The topological polar surface area (TPSA) is 59.2 Å². The molecule has 27 heavy (non-hydrogen) atoms. The Labute approximate surface area is 160 Å². The number of hydrogen-bond donors (Lipinski definition) is 1. The predicted octanol–water partition coefficient (Wildman–Crippen LogP) is 5.53. The van der Waals surface area contributed by atoms with Crippen LogP contribution in [-0.2, 0) is 6.18 Å². The van der Waals surface area contributed by atoms with Crippen LogP contribution in [0.1, 0.15) is 63.0 Å². The molecule has 1 aliphatic rings. The van der Waals surface area contributed by atoms with Crippen molar-refractivity contribution in [1.82, 2.24) is 4.98 Å². The van der Waals surface area contributed by atoms with Gasteiger partial charge in [0.15, 0.2) is 5.69 Å². The number of halogens is 6. The summed E-state index contributed by atoms with van der Waals surface area (Å²) in [6.45, 7) is 8.00. The van der Waals surface area contributed by atoms with Crippen molar-refractivity contribution in [1.29, 1.82) is 0 Å². The second-order valence-corrected chi connectivity index (χ2v) is 5.62. The molecule has 2 heterocycles. The Kier molecular flexibility index (Phi) is 9.99. The fraction of sp³-hybridized carbons (Fsp3) is 0.647. The van der Waals surface area contributed by atoms with Gasteiger partial charge in [0, 0.05) is 25.9 Å². The maximum absolute atomic E-state index is 13.4. The molecule has 0 bridgehead atoms. The highest BCUT2D eigenvalue weighted by molar-refractivity contribution is 6.35. The number of carbonyl (C=O) groups excluding carboxylic acids is 1. The summed E-state index contributed by atoms with van der Waals surface area (Å²) >= 11 is 5.65. The van der Waals surface area contributed by atoms with E-state index in [0.717, 1.165) is 6.20 Å². The first-order valence-corrected chi connectivity index (χ1v) is 9.09. The van der Waals surface area contributed by atoms with E-state index >= 15 is 0 Å². The maximum Gasteiger partial charge on any atom is 0.434 e. The number of primary amides is 1. The van der Waals surface area contributed by atoms with Crippen molar-refractivity contribution in [3.63, 3.8) is 0 Å². The highest BCUT2D eigenvalue weighted by Crippen LogP contribution is 2.39. The molecule has 1 saturated heterocycles. The van der Waals surface area contributed by atoms with E-state index in [0.29, 0.717) is 0 Å². The standard InChI is InChI=1S/C13H13ClF5N3O.2C2H6/c14-9-8(11(20)23)7(6-21-10(9)13(17,18)19)22-4-1-2-12(15,16)3-5-22;2*1-2/h6H,1-5H2,(H2,20,23);2*1-2H3. The van der Waals surface area contributed by atoms with Crippen LogP contribution in [0.15, 0.2) is 6.20 Å². The molecule has 0 radical (unpaired) electrons. The van der Waals surface area contributed by atoms with Crippen molar-refractivity contribution in [3.8, 4) is 0 Å². The van der Waals surface area contributed by atoms with Gasteiger partial charge >= 0.3 is 6.18 Å². The van der Waals surface area contributed by atoms with Crippen LogP contribution in [0.2, 0.25) is 5.02 Å². The maximum atomic E-state index is 13.4. The average Bonchev–Trinajstić information content (AvgIpc) is 2.77. The minimum atomic E-state index is -4.86. The zero-order chi connectivity index (χ0) is 21.4. The van der Waals surface area contributed by atoms with Crippen molar-refractivity contribution in [2.75, 3.05) is 18.0 Å². The molecule has 1 amide bonds. The fourth-order valence-corrected chi connectivity index (χ4v) is 2.80. The number of aromatic nitrogens is 1. The van der Waals surface area contributed by atoms with Crippen molar-refractivity contribution >= 4 is 23.2 Å². The molecule has 1 aliphatic heterocycles. The largest absolute Gasteiger partial charge is 0.434 e. The molecule has 1 fully saturated rings. The number of nitrogens with two attached hydrogens (primary N) is 1. The van der Waals surface area contributed by atoms with Gasteiger partial charge in [-0.2, -0.15) is 13.2 Å². The van der Waals surface area contributed by atoms with Gasteiger partial charge in [-0.15, -0.1) is 0 Å². The van der Waals surface area contributed by atoms with E-state index in [1.54, 1.807) is 0 Å². The zero-order valence-corrected chi connectivity index (χ0v) is 16.5. The molecule has 156 valence electrons. The lowest BCUT2D eigenvalue weighted by molar-refractivity contribution is -0.141. The van der Waals surface area contributed by atoms with Crippen molar-refractivity contribution < 1.29 is 26.7 Å². The fourth-order valence-electron chi connectivity index (χ4n) is 2.45. The van der Waals surface area contributed by atoms with Crippen LogP contribution in [0.5, 0.6) is 0 Å². The molecule has 1 aromatic rings. The number of nitrogens with zero attached hydrogens (tertiary/aromatic N) is 2. The number of alkyl halides is 5. The zero-order valence-electron chi connectivity index (χ0n) is 15.8. The molecule has 10 heteroatoms. The lowest BCUT2D eigenvalue weighted by Gasteiger charge is -2.25. The molecule has 0 spiro atoms. The molecule has 2 N–H and O–H groups in total. The van der Waals surface area contributed by atoms with Crippen molar-refractivity contribution in [2.45, 2.75) is 59.1 Å². The number of anilines is 1. The highest BCUT2D eigenvalue weighted by atomic mass is 35.5. The molecule has 0 aliphatic carbocycles. The second-order valence-electron chi connectivity index (χ2n) is 5.24. The van der Waals surface area contributed by atoms with Crippen LogP contribution in [-0.4, -0.2) is 29.9 Å². The lowest BCUT2D eigenvalue weighted by atomic mass is 10.1. The van der Waals surface area contributed by atoms with Gasteiger partial charge in [-0.1, -0.05) is 39.3 Å². The molecule has 0 unspecified atom stereocenters. The molecular weight excluding hydrogens is 393 g/mol. The Balaban J connectivity index is 0.00000158. The Morgan fingerprint density at radius 2 is 1.74 bits per heavy atom. The first-order valence-electron chi connectivity index (χ1n) is 8.71. The van der Waals surface area contributed by atoms with Gasteiger partial charge in [0.1, 0.15) is 0 Å². The van der Waals surface area contributed by atoms with E-state index in [1.807, 2.05) is 27.7 Å². The molecule has 1 aromatic heterocycles. The summed E-state index contributed by atoms with van der Waals surface area (Å²) in [6.07, 6.45) is -4.76. The number of carbonyl (C=O) groups is 1. The third-order valence-corrected chi connectivity index (χ3v) is 3.94. The minimum absolute atomic E-state index is 0.0619. The summed E-state index contributed by atoms with van der Waals surface area (Å²) in [5, 5.41) is -0.918. The number of hydrogen-bond acceptors (Lipinski definition) is 3. The summed E-state index contributed by atoms with van der Waals surface area (Å²) in [7, 11) is 0. The summed E-state index contributed by atoms with van der Waals surface area (Å²) < 4.78 is 65.3. The van der Waals surface area contributed by atoms with Crippen LogP contribution >= 0.6 is 11.6 Å². The first-order chi connectivity index (χ1) is 12.5. The Bertz CT molecular complexity index is 623. The summed E-state index contributed by atoms with van der Waals surface area (Å²) in [5.74, 6) is -4.03. The van der Waals surface area contributed by atoms with Gasteiger partial charge < -0.3 is 10.6 Å². The van der Waals surface area contributed by atoms with Crippen LogP contribution in [0.3, 0.4) is 0 Å². The lowest BCUT2D eigenvalue weighted by Crippen LogP contribution is -2.29. The summed E-state index contributed by atoms with van der Waals surface area (Å²) in [5.41, 5.74) is 3.08. The van der Waals surface area contributed by atoms with Gasteiger partial charge in [0.2, 0.25) is 5.92 Å². The van der Waals surface area contributed by atoms with Crippen molar-refractivity contribution in [3.05, 3.63) is 22.5 Å².